The van der Waals surface area contributed by atoms with Crippen LogP contribution in [0.4, 0.5) is 16.5 Å². The third-order valence-electron chi connectivity index (χ3n) is 3.83. The molecule has 1 amide bonds. The van der Waals surface area contributed by atoms with Crippen LogP contribution in [0, 0.1) is 0 Å². The van der Waals surface area contributed by atoms with Crippen LogP contribution in [0.3, 0.4) is 0 Å². The minimum Gasteiger partial charge on any atom is -0.507 e. The molecule has 0 bridgehead atoms. The Morgan fingerprint density at radius 3 is 2.73 bits per heavy atom. The molecule has 1 aromatic heterocycles. The Morgan fingerprint density at radius 1 is 1.08 bits per heavy atom. The fourth-order valence-electron chi connectivity index (χ4n) is 2.75. The van der Waals surface area contributed by atoms with Gasteiger partial charge in [-0.1, -0.05) is 35.6 Å². The van der Waals surface area contributed by atoms with Crippen molar-refractivity contribution in [1.82, 2.24) is 4.98 Å². The first-order valence-corrected chi connectivity index (χ1v) is 8.73. The number of hydrogen-bond donors (Lipinski definition) is 2. The van der Waals surface area contributed by atoms with Crippen LogP contribution in [-0.4, -0.2) is 16.0 Å². The van der Waals surface area contributed by atoms with Gasteiger partial charge in [0, 0.05) is 17.7 Å². The first-order chi connectivity index (χ1) is 12.6. The van der Waals surface area contributed by atoms with Gasteiger partial charge in [-0.25, -0.2) is 4.98 Å². The van der Waals surface area contributed by atoms with E-state index in [1.165, 1.54) is 18.3 Å². The lowest BCUT2D eigenvalue weighted by molar-refractivity contribution is -0.114. The zero-order chi connectivity index (χ0) is 18.1. The minimum absolute atomic E-state index is 0.117. The molecule has 26 heavy (non-hydrogen) atoms. The second kappa shape index (κ2) is 6.53. The Balaban J connectivity index is 1.82. The number of carbonyl (C=O) groups excluding carboxylic acids is 1. The summed E-state index contributed by atoms with van der Waals surface area (Å²) in [5.74, 6) is -0.0824. The van der Waals surface area contributed by atoms with Crippen LogP contribution in [-0.2, 0) is 4.79 Å². The molecule has 0 saturated carbocycles. The van der Waals surface area contributed by atoms with Crippen LogP contribution < -0.4 is 5.32 Å². The van der Waals surface area contributed by atoms with Crippen LogP contribution in [0.15, 0.2) is 64.8 Å². The van der Waals surface area contributed by atoms with E-state index in [4.69, 9.17) is 0 Å². The Labute approximate surface area is 152 Å². The lowest BCUT2D eigenvalue weighted by atomic mass is 10.1. The molecular formula is C19H14N4O2S. The van der Waals surface area contributed by atoms with Crippen molar-refractivity contribution in [3.63, 3.8) is 0 Å². The van der Waals surface area contributed by atoms with E-state index >= 15 is 0 Å². The van der Waals surface area contributed by atoms with Crippen LogP contribution in [0.2, 0.25) is 0 Å². The molecule has 0 fully saturated rings. The highest BCUT2D eigenvalue weighted by atomic mass is 32.1. The van der Waals surface area contributed by atoms with Crippen molar-refractivity contribution in [2.45, 2.75) is 6.92 Å². The molecule has 3 aromatic carbocycles. The molecule has 0 unspecified atom stereocenters. The summed E-state index contributed by atoms with van der Waals surface area (Å²) in [5, 5.41) is 23.3. The highest BCUT2D eigenvalue weighted by Crippen LogP contribution is 2.38. The fraction of sp³-hybridized carbons (Fsp3) is 0.0526. The van der Waals surface area contributed by atoms with Crippen LogP contribution in [0.5, 0.6) is 5.75 Å². The molecule has 0 aliphatic heterocycles. The van der Waals surface area contributed by atoms with Gasteiger partial charge in [-0.05, 0) is 30.3 Å². The molecule has 0 spiro atoms. The Kier molecular flexibility index (Phi) is 4.06. The summed E-state index contributed by atoms with van der Waals surface area (Å²) in [5.41, 5.74) is 1.99. The molecule has 2 N–H and O–H groups in total. The molecule has 0 aliphatic carbocycles. The number of benzene rings is 3. The Morgan fingerprint density at radius 2 is 1.92 bits per heavy atom. The van der Waals surface area contributed by atoms with E-state index in [9.17, 15) is 9.90 Å². The van der Waals surface area contributed by atoms with Crippen molar-refractivity contribution >= 4 is 54.7 Å². The molecule has 128 valence electrons. The number of para-hydroxylation sites is 1. The number of rotatable bonds is 3. The van der Waals surface area contributed by atoms with E-state index in [0.29, 0.717) is 27.3 Å². The monoisotopic (exact) mass is 362 g/mol. The second-order valence-electron chi connectivity index (χ2n) is 5.68. The number of aromatic hydroxyl groups is 1. The van der Waals surface area contributed by atoms with Crippen molar-refractivity contribution in [2.75, 3.05) is 5.32 Å². The van der Waals surface area contributed by atoms with Crippen molar-refractivity contribution in [3.05, 3.63) is 54.6 Å². The molecule has 4 aromatic rings. The van der Waals surface area contributed by atoms with Crippen LogP contribution in [0.25, 0.3) is 21.0 Å². The molecule has 0 saturated heterocycles. The van der Waals surface area contributed by atoms with E-state index in [1.54, 1.807) is 30.3 Å². The number of phenols is 1. The minimum atomic E-state index is -0.199. The van der Waals surface area contributed by atoms with E-state index in [1.807, 2.05) is 24.3 Å². The Bertz CT molecular complexity index is 1130. The van der Waals surface area contributed by atoms with Gasteiger partial charge in [0.1, 0.15) is 5.75 Å². The van der Waals surface area contributed by atoms with Gasteiger partial charge in [0.05, 0.1) is 21.6 Å². The zero-order valence-corrected chi connectivity index (χ0v) is 14.6. The highest BCUT2D eigenvalue weighted by molar-refractivity contribution is 7.21. The molecule has 6 nitrogen and oxygen atoms in total. The fourth-order valence-corrected chi connectivity index (χ4v) is 3.54. The average molecular weight is 362 g/mol. The largest absolute Gasteiger partial charge is 0.507 e. The van der Waals surface area contributed by atoms with Crippen LogP contribution in [0.1, 0.15) is 6.92 Å². The quantitative estimate of drug-likeness (QED) is 0.470. The van der Waals surface area contributed by atoms with Gasteiger partial charge < -0.3 is 10.4 Å². The smallest absolute Gasteiger partial charge is 0.231 e. The maximum atomic E-state index is 11.5. The number of phenolic OH excluding ortho intramolecular Hbond substituents is 1. The lowest BCUT2D eigenvalue weighted by Gasteiger charge is -2.10. The summed E-state index contributed by atoms with van der Waals surface area (Å²) < 4.78 is 1.04. The van der Waals surface area contributed by atoms with Gasteiger partial charge in [0.2, 0.25) is 11.0 Å². The normalized spacial score (nSPS) is 11.4. The number of nitrogens with one attached hydrogen (secondary N) is 1. The first-order valence-electron chi connectivity index (χ1n) is 7.91. The highest BCUT2D eigenvalue weighted by Gasteiger charge is 2.11. The number of azo groups is 1. The van der Waals surface area contributed by atoms with Gasteiger partial charge in [0.15, 0.2) is 0 Å². The number of amides is 1. The number of aromatic nitrogens is 1. The molecule has 0 radical (unpaired) electrons. The summed E-state index contributed by atoms with van der Waals surface area (Å²) in [7, 11) is 0. The topological polar surface area (TPSA) is 86.9 Å². The summed E-state index contributed by atoms with van der Waals surface area (Å²) >= 11 is 1.45. The summed E-state index contributed by atoms with van der Waals surface area (Å²) in [4.78, 5) is 15.9. The predicted octanol–water partition coefficient (Wildman–Crippen LogP) is 5.53. The van der Waals surface area contributed by atoms with Crippen molar-refractivity contribution in [3.8, 4) is 5.75 Å². The lowest BCUT2D eigenvalue weighted by Crippen LogP contribution is -2.06. The SMILES string of the molecule is CC(=O)Nc1cccc2c(O)ccc(N=Nc3nc4ccccc4s3)c12. The van der Waals surface area contributed by atoms with Crippen molar-refractivity contribution in [2.24, 2.45) is 10.2 Å². The third kappa shape index (κ3) is 3.00. The molecule has 1 heterocycles. The molecule has 4 rings (SSSR count). The molecule has 0 atom stereocenters. The van der Waals surface area contributed by atoms with Gasteiger partial charge in [-0.3, -0.25) is 4.79 Å². The number of fused-ring (bicyclic) bond motifs is 2. The predicted molar refractivity (Wildman–Crippen MR) is 104 cm³/mol. The Hall–Kier alpha value is -3.32. The van der Waals surface area contributed by atoms with E-state index in [0.717, 1.165) is 10.2 Å². The maximum Gasteiger partial charge on any atom is 0.231 e. The third-order valence-corrected chi connectivity index (χ3v) is 4.75. The van der Waals surface area contributed by atoms with E-state index in [2.05, 4.69) is 20.5 Å². The number of anilines is 1. The summed E-state index contributed by atoms with van der Waals surface area (Å²) in [6.07, 6.45) is 0. The number of hydrogen-bond acceptors (Lipinski definition) is 6. The maximum absolute atomic E-state index is 11.5. The second-order valence-corrected chi connectivity index (χ2v) is 6.69. The van der Waals surface area contributed by atoms with Gasteiger partial charge in [0.25, 0.3) is 0 Å². The van der Waals surface area contributed by atoms with Crippen molar-refractivity contribution in [1.29, 1.82) is 0 Å². The number of carbonyl (C=O) groups is 1. The van der Waals surface area contributed by atoms with Gasteiger partial charge in [-0.2, -0.15) is 0 Å². The van der Waals surface area contributed by atoms with Crippen LogP contribution >= 0.6 is 11.3 Å². The van der Waals surface area contributed by atoms with E-state index < -0.39 is 0 Å². The molecular weight excluding hydrogens is 348 g/mol. The van der Waals surface area contributed by atoms with E-state index in [-0.39, 0.29) is 11.7 Å². The average Bonchev–Trinajstić information content (AvgIpc) is 3.04. The summed E-state index contributed by atoms with van der Waals surface area (Å²) in [6.45, 7) is 1.43. The van der Waals surface area contributed by atoms with Gasteiger partial charge in [-0.15, -0.1) is 10.2 Å². The standard InChI is InChI=1S/C19H14N4O2S/c1-11(24)20-14-7-4-5-12-16(25)10-9-15(18(12)14)22-23-19-21-13-6-2-3-8-17(13)26-19/h2-10,25H,1H3,(H,20,24). The first kappa shape index (κ1) is 16.2. The number of nitrogens with zero attached hydrogens (tertiary/aromatic N) is 3. The molecule has 7 heteroatoms. The number of thiazole rings is 1. The summed E-state index contributed by atoms with van der Waals surface area (Å²) in [6, 6.07) is 16.3. The molecule has 0 aliphatic rings. The van der Waals surface area contributed by atoms with Gasteiger partial charge >= 0.3 is 0 Å². The zero-order valence-electron chi connectivity index (χ0n) is 13.8. The van der Waals surface area contributed by atoms with Crippen molar-refractivity contribution < 1.29 is 9.90 Å².